The van der Waals surface area contributed by atoms with Gasteiger partial charge in [-0.15, -0.1) is 0 Å². The van der Waals surface area contributed by atoms with Gasteiger partial charge in [0.25, 0.3) is 15.8 Å². The van der Waals surface area contributed by atoms with Crippen LogP contribution in [0.1, 0.15) is 45.6 Å². The quantitative estimate of drug-likeness (QED) is 0.725. The maximum Gasteiger partial charge on any atom is 0.303 e. The molecule has 0 amide bonds. The third-order valence-electron chi connectivity index (χ3n) is 4.03. The zero-order valence-electron chi connectivity index (χ0n) is 14.2. The Morgan fingerprint density at radius 2 is 2.12 bits per heavy atom. The number of carbonyl (C=O) groups is 1. The van der Waals surface area contributed by atoms with Gasteiger partial charge in [-0.05, 0) is 37.3 Å². The van der Waals surface area contributed by atoms with E-state index in [4.69, 9.17) is 9.29 Å². The molecule has 0 spiro atoms. The molecule has 1 unspecified atom stereocenters. The molecule has 0 aromatic heterocycles. The Bertz CT molecular complexity index is 752. The van der Waals surface area contributed by atoms with Crippen molar-refractivity contribution in [1.82, 2.24) is 4.99 Å². The SMILES string of the molecule is CC(CC(C)(C)CCC(=O)O)OS(=O)(=O)c1ccc2c(c1)CC=[N+]2. The van der Waals surface area contributed by atoms with Gasteiger partial charge in [0, 0.05) is 18.1 Å². The predicted molar refractivity (Wildman–Crippen MR) is 91.0 cm³/mol. The average molecular weight is 353 g/mol. The number of hydrogen-bond acceptors (Lipinski definition) is 5. The third-order valence-corrected chi connectivity index (χ3v) is 5.44. The van der Waals surface area contributed by atoms with Crippen LogP contribution < -0.4 is 4.99 Å². The van der Waals surface area contributed by atoms with Gasteiger partial charge in [0.15, 0.2) is 0 Å². The molecule has 1 aromatic carbocycles. The fourth-order valence-corrected chi connectivity index (χ4v) is 4.01. The van der Waals surface area contributed by atoms with E-state index in [1.165, 1.54) is 6.07 Å². The maximum absolute atomic E-state index is 12.4. The lowest BCUT2D eigenvalue weighted by Crippen LogP contribution is -2.24. The van der Waals surface area contributed by atoms with Crippen LogP contribution in [-0.2, 0) is 25.5 Å². The zero-order chi connectivity index (χ0) is 18.0. The van der Waals surface area contributed by atoms with Crippen LogP contribution in [0.5, 0.6) is 0 Å². The molecule has 0 saturated heterocycles. The standard InChI is InChI=1S/C17H23NO5S/c1-12(11-17(2,3)8-6-16(19)20)23-24(21,22)14-4-5-15-13(10-14)7-9-18-15/h4-5,9-10,12H,6-8,11H2,1-3H3,(H,19,20)/q+1. The molecular formula is C17H23NO5S+. The van der Waals surface area contributed by atoms with Gasteiger partial charge < -0.3 is 5.11 Å². The van der Waals surface area contributed by atoms with Crippen molar-refractivity contribution in [2.75, 3.05) is 0 Å². The highest BCUT2D eigenvalue weighted by molar-refractivity contribution is 7.86. The summed E-state index contributed by atoms with van der Waals surface area (Å²) in [6.07, 6.45) is 2.80. The molecule has 2 rings (SSSR count). The maximum atomic E-state index is 12.4. The van der Waals surface area contributed by atoms with E-state index < -0.39 is 22.2 Å². The summed E-state index contributed by atoms with van der Waals surface area (Å²) in [5, 5.41) is 8.79. The number of nitrogens with zero attached hydrogens (tertiary/aromatic N) is 1. The van der Waals surface area contributed by atoms with E-state index in [0.29, 0.717) is 19.3 Å². The van der Waals surface area contributed by atoms with Crippen LogP contribution in [0.15, 0.2) is 23.1 Å². The zero-order valence-corrected chi connectivity index (χ0v) is 15.0. The van der Waals surface area contributed by atoms with Crippen LogP contribution >= 0.6 is 0 Å². The van der Waals surface area contributed by atoms with E-state index in [1.807, 2.05) is 13.8 Å². The molecule has 1 aromatic rings. The van der Waals surface area contributed by atoms with Crippen molar-refractivity contribution in [3.63, 3.8) is 0 Å². The average Bonchev–Trinajstić information content (AvgIpc) is 2.91. The summed E-state index contributed by atoms with van der Waals surface area (Å²) in [6.45, 7) is 5.51. The molecule has 0 aliphatic carbocycles. The highest BCUT2D eigenvalue weighted by atomic mass is 32.2. The molecule has 131 valence electrons. The topological polar surface area (TPSA) is 94.8 Å². The number of rotatable bonds is 8. The van der Waals surface area contributed by atoms with Crippen molar-refractivity contribution in [2.45, 2.75) is 57.5 Å². The summed E-state index contributed by atoms with van der Waals surface area (Å²) in [7, 11) is -3.86. The number of hydrogen-bond donors (Lipinski definition) is 1. The lowest BCUT2D eigenvalue weighted by Gasteiger charge is -2.27. The van der Waals surface area contributed by atoms with Crippen molar-refractivity contribution in [2.24, 2.45) is 5.41 Å². The smallest absolute Gasteiger partial charge is 0.303 e. The van der Waals surface area contributed by atoms with Crippen molar-refractivity contribution in [3.05, 3.63) is 23.8 Å². The summed E-state index contributed by atoms with van der Waals surface area (Å²) in [6, 6.07) is 4.77. The molecule has 1 N–H and O–H groups in total. The highest BCUT2D eigenvalue weighted by Crippen LogP contribution is 2.31. The monoisotopic (exact) mass is 353 g/mol. The first-order valence-electron chi connectivity index (χ1n) is 7.90. The Morgan fingerprint density at radius 1 is 1.42 bits per heavy atom. The Balaban J connectivity index is 2.02. The summed E-state index contributed by atoms with van der Waals surface area (Å²) >= 11 is 0. The van der Waals surface area contributed by atoms with E-state index in [-0.39, 0.29) is 16.7 Å². The van der Waals surface area contributed by atoms with E-state index in [2.05, 4.69) is 4.99 Å². The number of fused-ring (bicyclic) bond motifs is 1. The molecule has 1 heterocycles. The lowest BCUT2D eigenvalue weighted by atomic mass is 9.82. The van der Waals surface area contributed by atoms with Crippen LogP contribution in [-0.4, -0.2) is 31.8 Å². The largest absolute Gasteiger partial charge is 0.481 e. The second-order valence-corrected chi connectivity index (χ2v) is 8.50. The summed E-state index contributed by atoms with van der Waals surface area (Å²) in [4.78, 5) is 15.0. The van der Waals surface area contributed by atoms with Crippen LogP contribution in [0.4, 0.5) is 5.69 Å². The first kappa shape index (κ1) is 18.6. The Labute approximate surface area is 142 Å². The van der Waals surface area contributed by atoms with Crippen LogP contribution in [0, 0.1) is 5.41 Å². The molecule has 24 heavy (non-hydrogen) atoms. The number of carboxylic acids is 1. The second-order valence-electron chi connectivity index (χ2n) is 6.93. The molecule has 7 heteroatoms. The fourth-order valence-electron chi connectivity index (χ4n) is 2.88. The number of benzene rings is 1. The minimum absolute atomic E-state index is 0.0529. The third kappa shape index (κ3) is 4.88. The first-order chi connectivity index (χ1) is 11.1. The van der Waals surface area contributed by atoms with Gasteiger partial charge >= 0.3 is 5.97 Å². The molecule has 1 atom stereocenters. The molecule has 1 aliphatic rings. The van der Waals surface area contributed by atoms with Gasteiger partial charge in [0.2, 0.25) is 6.21 Å². The van der Waals surface area contributed by atoms with Gasteiger partial charge in [0.05, 0.1) is 22.4 Å². The van der Waals surface area contributed by atoms with E-state index in [1.54, 1.807) is 25.3 Å². The van der Waals surface area contributed by atoms with Gasteiger partial charge in [-0.1, -0.05) is 13.8 Å². The fraction of sp³-hybridized carbons (Fsp3) is 0.529. The normalized spacial score (nSPS) is 15.3. The van der Waals surface area contributed by atoms with Gasteiger partial charge in [-0.3, -0.25) is 8.98 Å². The molecule has 1 radical (unpaired) electrons. The molecule has 0 saturated carbocycles. The highest BCUT2D eigenvalue weighted by Gasteiger charge is 2.28. The molecule has 0 bridgehead atoms. The minimum atomic E-state index is -3.86. The van der Waals surface area contributed by atoms with Crippen molar-refractivity contribution in [3.8, 4) is 0 Å². The van der Waals surface area contributed by atoms with Gasteiger partial charge in [-0.2, -0.15) is 8.42 Å². The van der Waals surface area contributed by atoms with E-state index >= 15 is 0 Å². The minimum Gasteiger partial charge on any atom is -0.481 e. The number of carboxylic acid groups (broad SMARTS) is 1. The van der Waals surface area contributed by atoms with Gasteiger partial charge in [0.1, 0.15) is 0 Å². The van der Waals surface area contributed by atoms with Crippen molar-refractivity contribution >= 4 is 28.0 Å². The summed E-state index contributed by atoms with van der Waals surface area (Å²) in [5.74, 6) is -0.857. The molecule has 6 nitrogen and oxygen atoms in total. The Hall–Kier alpha value is -1.73. The predicted octanol–water partition coefficient (Wildman–Crippen LogP) is 2.66. The van der Waals surface area contributed by atoms with E-state index in [0.717, 1.165) is 11.3 Å². The number of aliphatic carboxylic acids is 1. The van der Waals surface area contributed by atoms with Crippen molar-refractivity contribution in [1.29, 1.82) is 0 Å². The van der Waals surface area contributed by atoms with E-state index in [9.17, 15) is 13.2 Å². The van der Waals surface area contributed by atoms with Crippen LogP contribution in [0.25, 0.3) is 0 Å². The van der Waals surface area contributed by atoms with Crippen molar-refractivity contribution < 1.29 is 22.5 Å². The van der Waals surface area contributed by atoms with Crippen LogP contribution in [0.3, 0.4) is 0 Å². The summed E-state index contributed by atoms with van der Waals surface area (Å²) in [5.41, 5.74) is 1.34. The molecule has 0 fully saturated rings. The Morgan fingerprint density at radius 3 is 2.79 bits per heavy atom. The number of aliphatic imine (C=N–C) groups is 1. The second kappa shape index (κ2) is 7.03. The summed E-state index contributed by atoms with van der Waals surface area (Å²) < 4.78 is 30.2. The molecular weight excluding hydrogens is 330 g/mol. The lowest BCUT2D eigenvalue weighted by molar-refractivity contribution is -0.137. The Kier molecular flexibility index (Phi) is 5.45. The van der Waals surface area contributed by atoms with Crippen LogP contribution in [0.2, 0.25) is 0 Å². The molecule has 1 aliphatic heterocycles. The van der Waals surface area contributed by atoms with Gasteiger partial charge in [-0.25, -0.2) is 0 Å². The first-order valence-corrected chi connectivity index (χ1v) is 9.30.